The Morgan fingerprint density at radius 2 is 1.88 bits per heavy atom. The molecule has 0 aromatic rings. The fraction of sp³-hybridized carbons (Fsp3) is 0.833. The molecule has 0 radical (unpaired) electrons. The molecule has 2 aliphatic rings. The second-order valence-electron chi connectivity index (χ2n) is 5.34. The van der Waals surface area contributed by atoms with E-state index >= 15 is 0 Å². The van der Waals surface area contributed by atoms with E-state index in [1.165, 1.54) is 0 Å². The number of nitrogens with zero attached hydrogens (tertiary/aromatic N) is 1. The summed E-state index contributed by atoms with van der Waals surface area (Å²) in [6, 6.07) is 0. The molecule has 1 N–H and O–H groups in total. The highest BCUT2D eigenvalue weighted by atomic mass is 16.4. The van der Waals surface area contributed by atoms with Crippen LogP contribution in [0.1, 0.15) is 26.7 Å². The van der Waals surface area contributed by atoms with Gasteiger partial charge >= 0.3 is 5.97 Å². The predicted octanol–water partition coefficient (Wildman–Crippen LogP) is 1.21. The molecular weight excluding hydrogens is 206 g/mol. The Bertz CT molecular complexity index is 309. The first-order chi connectivity index (χ1) is 7.50. The van der Waals surface area contributed by atoms with Crippen LogP contribution in [0.4, 0.5) is 0 Å². The number of hydrogen-bond donors (Lipinski definition) is 1. The van der Waals surface area contributed by atoms with Crippen molar-refractivity contribution in [2.24, 2.45) is 23.7 Å². The van der Waals surface area contributed by atoms with Crippen LogP contribution in [0.2, 0.25) is 0 Å². The fourth-order valence-corrected chi connectivity index (χ4v) is 2.64. The number of carboxylic acid groups (broad SMARTS) is 1. The molecule has 16 heavy (non-hydrogen) atoms. The Morgan fingerprint density at radius 3 is 2.31 bits per heavy atom. The minimum atomic E-state index is -0.740. The highest BCUT2D eigenvalue weighted by molar-refractivity contribution is 5.80. The van der Waals surface area contributed by atoms with Crippen molar-refractivity contribution in [2.45, 2.75) is 26.7 Å². The van der Waals surface area contributed by atoms with Gasteiger partial charge in [-0.05, 0) is 24.7 Å². The second-order valence-corrected chi connectivity index (χ2v) is 5.34. The van der Waals surface area contributed by atoms with E-state index < -0.39 is 5.97 Å². The van der Waals surface area contributed by atoms with Crippen LogP contribution in [0.15, 0.2) is 0 Å². The van der Waals surface area contributed by atoms with Gasteiger partial charge in [0.1, 0.15) is 0 Å². The third-order valence-corrected chi connectivity index (χ3v) is 3.72. The molecule has 90 valence electrons. The summed E-state index contributed by atoms with van der Waals surface area (Å²) in [5.74, 6) is -0.279. The molecule has 0 bridgehead atoms. The van der Waals surface area contributed by atoms with Crippen LogP contribution < -0.4 is 0 Å². The molecule has 1 heterocycles. The monoisotopic (exact) mass is 225 g/mol. The van der Waals surface area contributed by atoms with Gasteiger partial charge in [-0.15, -0.1) is 0 Å². The first-order valence-corrected chi connectivity index (χ1v) is 6.02. The van der Waals surface area contributed by atoms with Crippen LogP contribution in [-0.2, 0) is 9.59 Å². The first kappa shape index (κ1) is 11.4. The Labute approximate surface area is 95.6 Å². The summed E-state index contributed by atoms with van der Waals surface area (Å²) in [5.41, 5.74) is 0. The highest BCUT2D eigenvalue weighted by Crippen LogP contribution is 2.44. The molecule has 0 spiro atoms. The van der Waals surface area contributed by atoms with Crippen LogP contribution >= 0.6 is 0 Å². The maximum absolute atomic E-state index is 11.8. The van der Waals surface area contributed by atoms with Crippen LogP contribution in [0.5, 0.6) is 0 Å². The smallest absolute Gasteiger partial charge is 0.308 e. The highest BCUT2D eigenvalue weighted by Gasteiger charge is 2.46. The largest absolute Gasteiger partial charge is 0.481 e. The van der Waals surface area contributed by atoms with E-state index in [1.807, 2.05) is 13.8 Å². The average Bonchev–Trinajstić information content (AvgIpc) is 2.96. The zero-order chi connectivity index (χ0) is 11.9. The number of likely N-dealkylation sites (tertiary alicyclic amines) is 1. The Balaban J connectivity index is 2.05. The van der Waals surface area contributed by atoms with Gasteiger partial charge in [0.25, 0.3) is 0 Å². The molecule has 1 aliphatic carbocycles. The number of amides is 1. The van der Waals surface area contributed by atoms with Gasteiger partial charge in [0.15, 0.2) is 0 Å². The molecule has 2 rings (SSSR count). The quantitative estimate of drug-likeness (QED) is 0.785. The number of aliphatic carboxylic acids is 1. The summed E-state index contributed by atoms with van der Waals surface area (Å²) in [7, 11) is 0. The second kappa shape index (κ2) is 4.07. The van der Waals surface area contributed by atoms with Crippen LogP contribution in [0.25, 0.3) is 0 Å². The van der Waals surface area contributed by atoms with E-state index in [2.05, 4.69) is 0 Å². The van der Waals surface area contributed by atoms with E-state index in [-0.39, 0.29) is 23.7 Å². The van der Waals surface area contributed by atoms with Gasteiger partial charge in [-0.2, -0.15) is 0 Å². The van der Waals surface area contributed by atoms with Gasteiger partial charge in [0.2, 0.25) is 5.91 Å². The lowest BCUT2D eigenvalue weighted by molar-refractivity contribution is -0.142. The first-order valence-electron chi connectivity index (χ1n) is 6.02. The van der Waals surface area contributed by atoms with E-state index in [0.29, 0.717) is 19.0 Å². The van der Waals surface area contributed by atoms with Crippen molar-refractivity contribution in [3.63, 3.8) is 0 Å². The maximum atomic E-state index is 11.8. The third-order valence-electron chi connectivity index (χ3n) is 3.72. The van der Waals surface area contributed by atoms with Gasteiger partial charge in [0, 0.05) is 19.0 Å². The van der Waals surface area contributed by atoms with Crippen molar-refractivity contribution in [3.05, 3.63) is 0 Å². The van der Waals surface area contributed by atoms with Gasteiger partial charge in [-0.3, -0.25) is 9.59 Å². The zero-order valence-electron chi connectivity index (χ0n) is 9.85. The number of rotatable bonds is 3. The minimum absolute atomic E-state index is 0.0348. The summed E-state index contributed by atoms with van der Waals surface area (Å²) >= 11 is 0. The molecule has 1 aliphatic heterocycles. The van der Waals surface area contributed by atoms with Crippen molar-refractivity contribution in [3.8, 4) is 0 Å². The molecular formula is C12H19NO3. The lowest BCUT2D eigenvalue weighted by atomic mass is 9.92. The van der Waals surface area contributed by atoms with Crippen molar-refractivity contribution >= 4 is 11.9 Å². The van der Waals surface area contributed by atoms with E-state index in [4.69, 9.17) is 5.11 Å². The molecule has 1 saturated carbocycles. The summed E-state index contributed by atoms with van der Waals surface area (Å²) in [5, 5.41) is 9.16. The summed E-state index contributed by atoms with van der Waals surface area (Å²) in [6.45, 7) is 4.79. The van der Waals surface area contributed by atoms with Crippen molar-refractivity contribution < 1.29 is 14.7 Å². The van der Waals surface area contributed by atoms with Crippen molar-refractivity contribution in [1.82, 2.24) is 4.90 Å². The molecule has 0 unspecified atom stereocenters. The lowest BCUT2D eigenvalue weighted by Gasteiger charge is -2.18. The molecule has 4 nitrogen and oxygen atoms in total. The van der Waals surface area contributed by atoms with Crippen molar-refractivity contribution in [2.75, 3.05) is 13.1 Å². The van der Waals surface area contributed by atoms with Crippen molar-refractivity contribution in [1.29, 1.82) is 0 Å². The number of carbonyl (C=O) groups excluding carboxylic acids is 1. The van der Waals surface area contributed by atoms with E-state index in [1.54, 1.807) is 4.90 Å². The topological polar surface area (TPSA) is 57.6 Å². The average molecular weight is 225 g/mol. The maximum Gasteiger partial charge on any atom is 0.308 e. The van der Waals surface area contributed by atoms with Gasteiger partial charge < -0.3 is 10.0 Å². The predicted molar refractivity (Wildman–Crippen MR) is 58.8 cm³/mol. The number of carboxylic acids is 1. The van der Waals surface area contributed by atoms with Crippen LogP contribution in [0.3, 0.4) is 0 Å². The number of carbonyl (C=O) groups is 2. The SMILES string of the molecule is CC(C)C(=O)N1C[C@H](C(=O)O)[C@@H](C2CC2)C1. The minimum Gasteiger partial charge on any atom is -0.481 e. The molecule has 0 aromatic carbocycles. The summed E-state index contributed by atoms with van der Waals surface area (Å²) in [6.07, 6.45) is 2.27. The molecule has 4 heteroatoms. The standard InChI is InChI=1S/C12H19NO3/c1-7(2)11(14)13-5-9(8-3-4-8)10(6-13)12(15)16/h7-10H,3-6H2,1-2H3,(H,15,16)/t9-,10+/m1/s1. The normalized spacial score (nSPS) is 29.8. The van der Waals surface area contributed by atoms with Gasteiger partial charge in [-0.25, -0.2) is 0 Å². The molecule has 2 fully saturated rings. The Morgan fingerprint density at radius 1 is 1.25 bits per heavy atom. The summed E-state index contributed by atoms with van der Waals surface area (Å²) in [4.78, 5) is 24.7. The summed E-state index contributed by atoms with van der Waals surface area (Å²) < 4.78 is 0. The fourth-order valence-electron chi connectivity index (χ4n) is 2.64. The van der Waals surface area contributed by atoms with Crippen LogP contribution in [0, 0.1) is 23.7 Å². The van der Waals surface area contributed by atoms with E-state index in [0.717, 1.165) is 12.8 Å². The van der Waals surface area contributed by atoms with Gasteiger partial charge in [-0.1, -0.05) is 13.8 Å². The molecule has 1 amide bonds. The Kier molecular flexibility index (Phi) is 2.91. The molecule has 1 saturated heterocycles. The van der Waals surface area contributed by atoms with Crippen LogP contribution in [-0.4, -0.2) is 35.0 Å². The lowest BCUT2D eigenvalue weighted by Crippen LogP contribution is -2.33. The van der Waals surface area contributed by atoms with E-state index in [9.17, 15) is 9.59 Å². The van der Waals surface area contributed by atoms with Gasteiger partial charge in [0.05, 0.1) is 5.92 Å². The third kappa shape index (κ3) is 2.06. The zero-order valence-corrected chi connectivity index (χ0v) is 9.85. The Hall–Kier alpha value is -1.06. The number of hydrogen-bond acceptors (Lipinski definition) is 2. The molecule has 0 aromatic heterocycles. The molecule has 2 atom stereocenters.